The summed E-state index contributed by atoms with van der Waals surface area (Å²) in [5.41, 5.74) is 2.53. The lowest BCUT2D eigenvalue weighted by atomic mass is 10.1. The highest BCUT2D eigenvalue weighted by atomic mass is 19.4. The van der Waals surface area contributed by atoms with Gasteiger partial charge in [0.05, 0.1) is 5.56 Å². The Morgan fingerprint density at radius 3 is 2.50 bits per heavy atom. The first-order valence-electron chi connectivity index (χ1n) is 8.58. The Balaban J connectivity index is 1.63. The van der Waals surface area contributed by atoms with Gasteiger partial charge in [-0.15, -0.1) is 0 Å². The fourth-order valence-electron chi connectivity index (χ4n) is 2.95. The predicted molar refractivity (Wildman–Crippen MR) is 99.7 cm³/mol. The molecule has 0 fully saturated rings. The van der Waals surface area contributed by atoms with Crippen LogP contribution in [0.4, 0.5) is 13.2 Å². The first-order valence-corrected chi connectivity index (χ1v) is 8.58. The average Bonchev–Trinajstić information content (AvgIpc) is 3.10. The van der Waals surface area contributed by atoms with Crippen LogP contribution < -0.4 is 0 Å². The van der Waals surface area contributed by atoms with Crippen LogP contribution in [0.25, 0.3) is 17.0 Å². The molecule has 136 valence electrons. The van der Waals surface area contributed by atoms with E-state index in [1.54, 1.807) is 0 Å². The van der Waals surface area contributed by atoms with Gasteiger partial charge < -0.3 is 4.98 Å². The number of likely N-dealkylation sites (N-methyl/N-ethyl adjacent to an activating group) is 1. The van der Waals surface area contributed by atoms with Crippen LogP contribution in [-0.2, 0) is 12.7 Å². The van der Waals surface area contributed by atoms with Gasteiger partial charge >= 0.3 is 6.18 Å². The number of H-pyrrole nitrogens is 1. The second-order valence-corrected chi connectivity index (χ2v) is 6.21. The molecule has 0 saturated carbocycles. The van der Waals surface area contributed by atoms with E-state index in [0.717, 1.165) is 42.8 Å². The van der Waals surface area contributed by atoms with Gasteiger partial charge in [-0.1, -0.05) is 49.4 Å². The molecule has 0 saturated heterocycles. The summed E-state index contributed by atoms with van der Waals surface area (Å²) in [5, 5.41) is 1.19. The normalized spacial score (nSPS) is 12.5. The molecule has 1 N–H and O–H groups in total. The van der Waals surface area contributed by atoms with E-state index in [9.17, 15) is 13.2 Å². The lowest BCUT2D eigenvalue weighted by Gasteiger charge is -2.19. The zero-order valence-electron chi connectivity index (χ0n) is 14.6. The standard InChI is InChI=1S/C21H21F3N2/c1-2-26(15-18-7-3-6-17-12-13-25-20(17)18)14-4-5-16-8-10-19(11-9-16)21(22,23)24/h3-13,25H,2,14-15H2,1H3. The third-order valence-electron chi connectivity index (χ3n) is 4.43. The molecule has 0 aliphatic heterocycles. The monoisotopic (exact) mass is 358 g/mol. The van der Waals surface area contributed by atoms with Crippen molar-refractivity contribution in [1.82, 2.24) is 9.88 Å². The van der Waals surface area contributed by atoms with E-state index in [1.807, 2.05) is 18.3 Å². The molecule has 0 spiro atoms. The molecule has 1 aromatic heterocycles. The van der Waals surface area contributed by atoms with E-state index in [-0.39, 0.29) is 0 Å². The van der Waals surface area contributed by atoms with Crippen LogP contribution in [0.3, 0.4) is 0 Å². The molecular weight excluding hydrogens is 337 g/mol. The number of nitrogens with one attached hydrogen (secondary N) is 1. The number of aromatic nitrogens is 1. The molecule has 0 atom stereocenters. The molecule has 5 heteroatoms. The first-order chi connectivity index (χ1) is 12.5. The third-order valence-corrected chi connectivity index (χ3v) is 4.43. The molecule has 3 rings (SSSR count). The van der Waals surface area contributed by atoms with Crippen molar-refractivity contribution in [3.05, 3.63) is 77.5 Å². The highest BCUT2D eigenvalue weighted by Gasteiger charge is 2.29. The van der Waals surface area contributed by atoms with Gasteiger partial charge in [0.1, 0.15) is 0 Å². The number of aromatic amines is 1. The molecule has 0 aliphatic carbocycles. The molecule has 0 bridgehead atoms. The summed E-state index contributed by atoms with van der Waals surface area (Å²) in [6, 6.07) is 13.5. The molecule has 26 heavy (non-hydrogen) atoms. The number of hydrogen-bond donors (Lipinski definition) is 1. The van der Waals surface area contributed by atoms with Crippen molar-refractivity contribution in [2.24, 2.45) is 0 Å². The largest absolute Gasteiger partial charge is 0.416 e. The van der Waals surface area contributed by atoms with Gasteiger partial charge in [-0.25, -0.2) is 0 Å². The second kappa shape index (κ2) is 7.79. The maximum absolute atomic E-state index is 12.6. The quantitative estimate of drug-likeness (QED) is 0.597. The molecule has 0 radical (unpaired) electrons. The van der Waals surface area contributed by atoms with Gasteiger partial charge in [0, 0.05) is 24.8 Å². The highest BCUT2D eigenvalue weighted by Crippen LogP contribution is 2.29. The predicted octanol–water partition coefficient (Wildman–Crippen LogP) is 5.72. The summed E-state index contributed by atoms with van der Waals surface area (Å²) < 4.78 is 37.8. The number of fused-ring (bicyclic) bond motifs is 1. The van der Waals surface area contributed by atoms with E-state index in [0.29, 0.717) is 0 Å². The fourth-order valence-corrected chi connectivity index (χ4v) is 2.95. The highest BCUT2D eigenvalue weighted by molar-refractivity contribution is 5.82. The Morgan fingerprint density at radius 1 is 1.04 bits per heavy atom. The van der Waals surface area contributed by atoms with E-state index in [1.165, 1.54) is 23.1 Å². The van der Waals surface area contributed by atoms with E-state index >= 15 is 0 Å². The van der Waals surface area contributed by atoms with Crippen molar-refractivity contribution in [3.8, 4) is 0 Å². The lowest BCUT2D eigenvalue weighted by molar-refractivity contribution is -0.137. The first kappa shape index (κ1) is 18.3. The minimum Gasteiger partial charge on any atom is -0.361 e. The van der Waals surface area contributed by atoms with Crippen molar-refractivity contribution >= 4 is 17.0 Å². The molecule has 0 unspecified atom stereocenters. The van der Waals surface area contributed by atoms with E-state index in [4.69, 9.17) is 0 Å². The number of nitrogens with zero attached hydrogens (tertiary/aromatic N) is 1. The van der Waals surface area contributed by atoms with Gasteiger partial charge in [0.25, 0.3) is 0 Å². The average molecular weight is 358 g/mol. The minimum atomic E-state index is -4.29. The van der Waals surface area contributed by atoms with Crippen molar-refractivity contribution in [1.29, 1.82) is 0 Å². The summed E-state index contributed by atoms with van der Waals surface area (Å²) in [6.45, 7) is 4.52. The van der Waals surface area contributed by atoms with Crippen molar-refractivity contribution in [2.75, 3.05) is 13.1 Å². The molecule has 2 aromatic carbocycles. The smallest absolute Gasteiger partial charge is 0.361 e. The zero-order valence-corrected chi connectivity index (χ0v) is 14.6. The summed E-state index contributed by atoms with van der Waals surface area (Å²) in [6.07, 6.45) is 1.49. The number of benzene rings is 2. The fraction of sp³-hybridized carbons (Fsp3) is 0.238. The molecular formula is C21H21F3N2. The topological polar surface area (TPSA) is 19.0 Å². The Hall–Kier alpha value is -2.53. The van der Waals surface area contributed by atoms with Gasteiger partial charge in [0.15, 0.2) is 0 Å². The van der Waals surface area contributed by atoms with Gasteiger partial charge in [0.2, 0.25) is 0 Å². The molecule has 3 aromatic rings. The van der Waals surface area contributed by atoms with Crippen molar-refractivity contribution in [2.45, 2.75) is 19.6 Å². The number of alkyl halides is 3. The zero-order chi connectivity index (χ0) is 18.6. The molecule has 2 nitrogen and oxygen atoms in total. The Kier molecular flexibility index (Phi) is 5.47. The summed E-state index contributed by atoms with van der Waals surface area (Å²) in [4.78, 5) is 5.55. The number of rotatable bonds is 6. The van der Waals surface area contributed by atoms with Crippen LogP contribution in [-0.4, -0.2) is 23.0 Å². The number of halogens is 3. The summed E-state index contributed by atoms with van der Waals surface area (Å²) in [5.74, 6) is 0. The Bertz CT molecular complexity index is 876. The SMILES string of the molecule is CCN(CC=Cc1ccc(C(F)(F)F)cc1)Cc1cccc2cc[nH]c12. The molecule has 1 heterocycles. The third kappa shape index (κ3) is 4.35. The van der Waals surface area contributed by atoms with Crippen LogP contribution >= 0.6 is 0 Å². The van der Waals surface area contributed by atoms with Gasteiger partial charge in [-0.05, 0) is 41.3 Å². The lowest BCUT2D eigenvalue weighted by Crippen LogP contribution is -2.22. The maximum Gasteiger partial charge on any atom is 0.416 e. The van der Waals surface area contributed by atoms with E-state index in [2.05, 4.69) is 41.1 Å². The molecule has 0 amide bonds. The second-order valence-electron chi connectivity index (χ2n) is 6.21. The van der Waals surface area contributed by atoms with Crippen molar-refractivity contribution < 1.29 is 13.2 Å². The van der Waals surface area contributed by atoms with Crippen LogP contribution in [0.2, 0.25) is 0 Å². The molecule has 0 aliphatic rings. The maximum atomic E-state index is 12.6. The van der Waals surface area contributed by atoms with Crippen LogP contribution in [0, 0.1) is 0 Å². The Labute approximate surface area is 151 Å². The number of hydrogen-bond acceptors (Lipinski definition) is 1. The van der Waals surface area contributed by atoms with Gasteiger partial charge in [-0.2, -0.15) is 13.2 Å². The Morgan fingerprint density at radius 2 is 1.81 bits per heavy atom. The van der Waals surface area contributed by atoms with Crippen LogP contribution in [0.1, 0.15) is 23.6 Å². The minimum absolute atomic E-state index is 0.621. The summed E-state index contributed by atoms with van der Waals surface area (Å²) in [7, 11) is 0. The van der Waals surface area contributed by atoms with Crippen molar-refractivity contribution in [3.63, 3.8) is 0 Å². The summed E-state index contributed by atoms with van der Waals surface area (Å²) >= 11 is 0. The van der Waals surface area contributed by atoms with Crippen LogP contribution in [0.5, 0.6) is 0 Å². The number of para-hydroxylation sites is 1. The van der Waals surface area contributed by atoms with Crippen LogP contribution in [0.15, 0.2) is 60.8 Å². The van der Waals surface area contributed by atoms with Gasteiger partial charge in [-0.3, -0.25) is 4.90 Å². The van der Waals surface area contributed by atoms with E-state index < -0.39 is 11.7 Å².